The number of imidazole rings is 1. The molecule has 1 unspecified atom stereocenters. The van der Waals surface area contributed by atoms with Crippen LogP contribution < -0.4 is 10.6 Å². The summed E-state index contributed by atoms with van der Waals surface area (Å²) in [5, 5.41) is 6.27. The zero-order chi connectivity index (χ0) is 23.7. The molecule has 34 heavy (non-hydrogen) atoms. The van der Waals surface area contributed by atoms with Crippen molar-refractivity contribution in [1.29, 1.82) is 0 Å². The van der Waals surface area contributed by atoms with E-state index >= 15 is 0 Å². The van der Waals surface area contributed by atoms with E-state index < -0.39 is 0 Å². The molecule has 1 atom stereocenters. The number of benzene rings is 1. The third-order valence-corrected chi connectivity index (χ3v) is 7.09. The number of aromatic nitrogens is 3. The van der Waals surface area contributed by atoms with Crippen molar-refractivity contribution in [2.45, 2.75) is 38.3 Å². The lowest BCUT2D eigenvalue weighted by Crippen LogP contribution is -2.29. The van der Waals surface area contributed by atoms with E-state index in [1.807, 2.05) is 50.8 Å². The van der Waals surface area contributed by atoms with Crippen molar-refractivity contribution in [3.8, 4) is 0 Å². The molecule has 0 saturated heterocycles. The SMILES string of the molecule is CN1CNC=C1CCNC(=O)c1cccc2c1nc(CN(C)C1CCCc3cccnc31)n2C. The third-order valence-electron chi connectivity index (χ3n) is 7.09. The van der Waals surface area contributed by atoms with Gasteiger partial charge in [0.2, 0.25) is 0 Å². The normalized spacial score (nSPS) is 17.6. The van der Waals surface area contributed by atoms with Crippen molar-refractivity contribution in [3.05, 3.63) is 71.1 Å². The van der Waals surface area contributed by atoms with Crippen molar-refractivity contribution < 1.29 is 4.79 Å². The number of carbonyl (C=O) groups is 1. The summed E-state index contributed by atoms with van der Waals surface area (Å²) in [6, 6.07) is 10.3. The van der Waals surface area contributed by atoms with Gasteiger partial charge in [0.05, 0.1) is 36.0 Å². The Labute approximate surface area is 200 Å². The van der Waals surface area contributed by atoms with Crippen LogP contribution in [0.15, 0.2) is 48.4 Å². The average molecular weight is 460 g/mol. The van der Waals surface area contributed by atoms with Crippen LogP contribution >= 0.6 is 0 Å². The summed E-state index contributed by atoms with van der Waals surface area (Å²) < 4.78 is 2.11. The van der Waals surface area contributed by atoms with Crippen molar-refractivity contribution in [1.82, 2.24) is 35.0 Å². The van der Waals surface area contributed by atoms with E-state index in [9.17, 15) is 4.79 Å². The third kappa shape index (κ3) is 4.25. The van der Waals surface area contributed by atoms with Gasteiger partial charge in [0, 0.05) is 45.2 Å². The molecular weight excluding hydrogens is 426 g/mol. The predicted octanol–water partition coefficient (Wildman–Crippen LogP) is 2.93. The zero-order valence-electron chi connectivity index (χ0n) is 20.2. The number of aryl methyl sites for hydroxylation is 2. The Morgan fingerprint density at radius 3 is 2.97 bits per heavy atom. The van der Waals surface area contributed by atoms with Gasteiger partial charge in [0.15, 0.2) is 0 Å². The second kappa shape index (κ2) is 9.46. The average Bonchev–Trinajstić information content (AvgIpc) is 3.41. The molecule has 178 valence electrons. The smallest absolute Gasteiger partial charge is 0.253 e. The highest BCUT2D eigenvalue weighted by molar-refractivity contribution is 6.05. The molecule has 0 spiro atoms. The molecule has 1 aliphatic heterocycles. The molecule has 2 N–H and O–H groups in total. The monoisotopic (exact) mass is 459 g/mol. The molecule has 5 rings (SSSR count). The number of para-hydroxylation sites is 1. The fourth-order valence-corrected chi connectivity index (χ4v) is 5.11. The molecule has 8 heteroatoms. The minimum absolute atomic E-state index is 0.0804. The van der Waals surface area contributed by atoms with E-state index in [4.69, 9.17) is 9.97 Å². The summed E-state index contributed by atoms with van der Waals surface area (Å²) in [5.74, 6) is 0.868. The van der Waals surface area contributed by atoms with Crippen LogP contribution in [0.4, 0.5) is 0 Å². The molecule has 1 amide bonds. The number of carbonyl (C=O) groups excluding carboxylic acids is 1. The van der Waals surface area contributed by atoms with Crippen molar-refractivity contribution in [3.63, 3.8) is 0 Å². The standard InChI is InChI=1S/C26H33N7O/c1-31(21-10-4-7-18-8-6-13-28-24(18)21)16-23-30-25-20(9-5-11-22(25)33(23)3)26(34)29-14-12-19-15-27-17-32(19)2/h5-6,8-9,11,13,15,21,27H,4,7,10,12,14,16-17H2,1-3H3,(H,29,34). The fraction of sp³-hybridized carbons (Fsp3) is 0.423. The summed E-state index contributed by atoms with van der Waals surface area (Å²) in [7, 11) is 6.22. The fourth-order valence-electron chi connectivity index (χ4n) is 5.11. The predicted molar refractivity (Wildman–Crippen MR) is 133 cm³/mol. The van der Waals surface area contributed by atoms with Gasteiger partial charge in [-0.25, -0.2) is 4.98 Å². The first-order chi connectivity index (χ1) is 16.5. The maximum atomic E-state index is 13.0. The van der Waals surface area contributed by atoms with Crippen LogP contribution in [0.5, 0.6) is 0 Å². The van der Waals surface area contributed by atoms with E-state index in [-0.39, 0.29) is 11.9 Å². The second-order valence-electron chi connectivity index (χ2n) is 9.33. The molecule has 1 aromatic carbocycles. The van der Waals surface area contributed by atoms with Crippen LogP contribution in [0, 0.1) is 0 Å². The molecule has 2 aliphatic rings. The first-order valence-corrected chi connectivity index (χ1v) is 12.0. The van der Waals surface area contributed by atoms with Crippen LogP contribution in [0.2, 0.25) is 0 Å². The molecule has 8 nitrogen and oxygen atoms in total. The first-order valence-electron chi connectivity index (χ1n) is 12.0. The molecule has 0 fully saturated rings. The van der Waals surface area contributed by atoms with Gasteiger partial charge in [-0.15, -0.1) is 0 Å². The van der Waals surface area contributed by atoms with Crippen LogP contribution in [-0.4, -0.2) is 57.6 Å². The highest BCUT2D eigenvalue weighted by atomic mass is 16.1. The van der Waals surface area contributed by atoms with Gasteiger partial charge in [-0.05, 0) is 50.1 Å². The Bertz CT molecular complexity index is 1230. The molecule has 2 aromatic heterocycles. The maximum Gasteiger partial charge on any atom is 0.253 e. The van der Waals surface area contributed by atoms with Gasteiger partial charge < -0.3 is 20.1 Å². The lowest BCUT2D eigenvalue weighted by Gasteiger charge is -2.32. The summed E-state index contributed by atoms with van der Waals surface area (Å²) in [6.45, 7) is 2.10. The van der Waals surface area contributed by atoms with Gasteiger partial charge in [-0.3, -0.25) is 14.7 Å². The van der Waals surface area contributed by atoms with E-state index in [0.717, 1.165) is 42.8 Å². The van der Waals surface area contributed by atoms with Gasteiger partial charge in [-0.2, -0.15) is 0 Å². The number of nitrogens with one attached hydrogen (secondary N) is 2. The molecule has 0 radical (unpaired) electrons. The Balaban J connectivity index is 1.32. The molecular formula is C26H33N7O. The number of pyridine rings is 1. The van der Waals surface area contributed by atoms with Gasteiger partial charge in [0.1, 0.15) is 11.3 Å². The minimum atomic E-state index is -0.0804. The summed E-state index contributed by atoms with van der Waals surface area (Å²) in [5.41, 5.74) is 6.09. The van der Waals surface area contributed by atoms with Gasteiger partial charge in [-0.1, -0.05) is 12.1 Å². The zero-order valence-corrected chi connectivity index (χ0v) is 20.2. The van der Waals surface area contributed by atoms with Gasteiger partial charge in [0.25, 0.3) is 5.91 Å². The summed E-state index contributed by atoms with van der Waals surface area (Å²) >= 11 is 0. The maximum absolute atomic E-state index is 13.0. The molecule has 1 aliphatic carbocycles. The Morgan fingerprint density at radius 1 is 1.26 bits per heavy atom. The Hall–Kier alpha value is -3.39. The lowest BCUT2D eigenvalue weighted by atomic mass is 9.91. The number of hydrogen-bond acceptors (Lipinski definition) is 6. The van der Waals surface area contributed by atoms with Crippen molar-refractivity contribution in [2.75, 3.05) is 27.3 Å². The van der Waals surface area contributed by atoms with Gasteiger partial charge >= 0.3 is 0 Å². The number of fused-ring (bicyclic) bond motifs is 2. The summed E-state index contributed by atoms with van der Waals surface area (Å²) in [6.07, 6.45) is 8.06. The van der Waals surface area contributed by atoms with Crippen LogP contribution in [0.25, 0.3) is 11.0 Å². The van der Waals surface area contributed by atoms with E-state index in [0.29, 0.717) is 18.7 Å². The quantitative estimate of drug-likeness (QED) is 0.566. The summed E-state index contributed by atoms with van der Waals surface area (Å²) in [4.78, 5) is 27.1. The Morgan fingerprint density at radius 2 is 2.15 bits per heavy atom. The largest absolute Gasteiger partial charge is 0.372 e. The number of nitrogens with zero attached hydrogens (tertiary/aromatic N) is 5. The first kappa shape index (κ1) is 22.4. The topological polar surface area (TPSA) is 78.3 Å². The Kier molecular flexibility index (Phi) is 6.24. The molecule has 3 heterocycles. The van der Waals surface area contributed by atoms with E-state index in [1.54, 1.807) is 0 Å². The molecule has 3 aromatic rings. The number of hydrogen-bond donors (Lipinski definition) is 2. The number of rotatable bonds is 7. The van der Waals surface area contributed by atoms with E-state index in [2.05, 4.69) is 38.1 Å². The highest BCUT2D eigenvalue weighted by Gasteiger charge is 2.26. The minimum Gasteiger partial charge on any atom is -0.372 e. The van der Waals surface area contributed by atoms with Crippen LogP contribution in [0.1, 0.15) is 52.7 Å². The number of amides is 1. The van der Waals surface area contributed by atoms with Crippen molar-refractivity contribution in [2.24, 2.45) is 7.05 Å². The van der Waals surface area contributed by atoms with Crippen LogP contribution in [0.3, 0.4) is 0 Å². The van der Waals surface area contributed by atoms with Crippen molar-refractivity contribution >= 4 is 16.9 Å². The van der Waals surface area contributed by atoms with Crippen LogP contribution in [-0.2, 0) is 20.0 Å². The second-order valence-corrected chi connectivity index (χ2v) is 9.33. The highest BCUT2D eigenvalue weighted by Crippen LogP contribution is 2.33. The lowest BCUT2D eigenvalue weighted by molar-refractivity contribution is 0.0955. The molecule has 0 saturated carbocycles. The molecule has 0 bridgehead atoms. The van der Waals surface area contributed by atoms with E-state index in [1.165, 1.54) is 23.4 Å².